The summed E-state index contributed by atoms with van der Waals surface area (Å²) in [5.74, 6) is 0.470. The van der Waals surface area contributed by atoms with E-state index in [9.17, 15) is 5.11 Å². The number of nitrogens with one attached hydrogen (secondary N) is 3. The largest absolute Gasteiger partial charge is 0.410 e. The number of hydrogen-bond acceptors (Lipinski definition) is 7. The molecular formula is C8H9Cl3N5OS2-. The third-order valence-corrected chi connectivity index (χ3v) is 2.55. The zero-order valence-corrected chi connectivity index (χ0v) is 13.3. The Hall–Kier alpha value is -0.380. The van der Waals surface area contributed by atoms with Gasteiger partial charge in [0, 0.05) is 11.8 Å². The van der Waals surface area contributed by atoms with Gasteiger partial charge in [-0.3, -0.25) is 5.43 Å². The van der Waals surface area contributed by atoms with Crippen molar-refractivity contribution in [2.24, 2.45) is 0 Å². The van der Waals surface area contributed by atoms with Crippen LogP contribution in [-0.2, 0) is 12.6 Å². The van der Waals surface area contributed by atoms with Crippen LogP contribution in [0.25, 0.3) is 0 Å². The molecule has 0 aromatic carbocycles. The van der Waals surface area contributed by atoms with E-state index in [1.54, 1.807) is 13.0 Å². The maximum Gasteiger partial charge on any atom is 0.234 e. The molecule has 1 heterocycles. The van der Waals surface area contributed by atoms with Gasteiger partial charge in [0.05, 0.1) is 0 Å². The van der Waals surface area contributed by atoms with Crippen molar-refractivity contribution in [2.45, 2.75) is 16.9 Å². The first-order chi connectivity index (χ1) is 8.68. The zero-order valence-electron chi connectivity index (χ0n) is 9.45. The highest BCUT2D eigenvalue weighted by Gasteiger charge is 2.31. The van der Waals surface area contributed by atoms with Gasteiger partial charge in [-0.05, 0) is 11.2 Å². The number of aliphatic hydroxyl groups is 1. The Labute approximate surface area is 135 Å². The monoisotopic (exact) mass is 360 g/mol. The molecule has 19 heavy (non-hydrogen) atoms. The average molecular weight is 362 g/mol. The number of anilines is 2. The highest BCUT2D eigenvalue weighted by atomic mass is 35.6. The Bertz CT molecular complexity index is 470. The molecular weight excluding hydrogens is 353 g/mol. The van der Waals surface area contributed by atoms with Gasteiger partial charge in [0.15, 0.2) is 6.23 Å². The van der Waals surface area contributed by atoms with Crippen LogP contribution in [0.2, 0.25) is 0 Å². The van der Waals surface area contributed by atoms with Crippen molar-refractivity contribution in [3.05, 3.63) is 11.8 Å². The SMILES string of the molecule is Cc1cc(NNC(=S)[S-])nc(N[C@H](O)C(Cl)(Cl)Cl)n1. The Morgan fingerprint density at radius 3 is 2.63 bits per heavy atom. The molecule has 0 saturated heterocycles. The molecule has 0 spiro atoms. The number of hydrazine groups is 1. The van der Waals surface area contributed by atoms with Gasteiger partial charge in [0.1, 0.15) is 5.82 Å². The molecule has 0 radical (unpaired) electrons. The molecule has 4 N–H and O–H groups in total. The third kappa shape index (κ3) is 6.07. The van der Waals surface area contributed by atoms with E-state index >= 15 is 0 Å². The normalized spacial score (nSPS) is 12.7. The summed E-state index contributed by atoms with van der Waals surface area (Å²) < 4.78 is -1.77. The molecule has 1 aromatic rings. The Morgan fingerprint density at radius 1 is 1.47 bits per heavy atom. The lowest BCUT2D eigenvalue weighted by atomic mass is 10.4. The summed E-state index contributed by atoms with van der Waals surface area (Å²) in [4.78, 5) is 8.05. The molecule has 0 amide bonds. The summed E-state index contributed by atoms with van der Waals surface area (Å²) in [6.07, 6.45) is -1.46. The highest BCUT2D eigenvalue weighted by Crippen LogP contribution is 2.30. The number of aryl methyl sites for hydroxylation is 1. The van der Waals surface area contributed by atoms with E-state index in [4.69, 9.17) is 34.8 Å². The minimum Gasteiger partial charge on any atom is -0.410 e. The standard InChI is InChI=1S/C8H10Cl3N5OS2/c1-3-2-4(15-16-7(18)19)13-6(12-3)14-5(17)8(9,10)11/h2,5,17H,1H3,(H2,16,18,19)(H2,12,13,14,15)/p-1/t5-/m1/s1. The third-order valence-electron chi connectivity index (χ3n) is 1.72. The second kappa shape index (κ2) is 6.87. The first-order valence-corrected chi connectivity index (χ1v) is 6.73. The molecule has 0 aliphatic rings. The second-order valence-electron chi connectivity index (χ2n) is 3.34. The maximum absolute atomic E-state index is 9.58. The lowest BCUT2D eigenvalue weighted by molar-refractivity contribution is 0.207. The maximum atomic E-state index is 9.58. The number of thiocarbonyl (C=S) groups is 1. The fourth-order valence-corrected chi connectivity index (χ4v) is 1.28. The Morgan fingerprint density at radius 2 is 2.11 bits per heavy atom. The van der Waals surface area contributed by atoms with E-state index in [0.29, 0.717) is 11.5 Å². The van der Waals surface area contributed by atoms with Crippen LogP contribution in [0.15, 0.2) is 6.07 Å². The van der Waals surface area contributed by atoms with Crippen molar-refractivity contribution in [1.29, 1.82) is 0 Å². The van der Waals surface area contributed by atoms with Crippen molar-refractivity contribution in [3.8, 4) is 0 Å². The number of alkyl halides is 3. The van der Waals surface area contributed by atoms with E-state index in [1.165, 1.54) is 0 Å². The minimum absolute atomic E-state index is 0.0819. The zero-order chi connectivity index (χ0) is 14.6. The van der Waals surface area contributed by atoms with Crippen LogP contribution in [0.5, 0.6) is 0 Å². The predicted octanol–water partition coefficient (Wildman–Crippen LogP) is 1.63. The first kappa shape index (κ1) is 16.7. The van der Waals surface area contributed by atoms with Crippen LogP contribution in [0, 0.1) is 6.92 Å². The topological polar surface area (TPSA) is 82.1 Å². The number of halogens is 3. The summed E-state index contributed by atoms with van der Waals surface area (Å²) in [7, 11) is 0. The Balaban J connectivity index is 2.82. The van der Waals surface area contributed by atoms with Gasteiger partial charge < -0.3 is 40.7 Å². The van der Waals surface area contributed by atoms with Crippen molar-refractivity contribution in [2.75, 3.05) is 10.7 Å². The summed E-state index contributed by atoms with van der Waals surface area (Å²) in [5, 5.41) is 12.0. The number of hydrogen-bond donors (Lipinski definition) is 4. The number of aliphatic hydroxyl groups excluding tert-OH is 1. The summed E-state index contributed by atoms with van der Waals surface area (Å²) in [5.41, 5.74) is 5.83. The number of aromatic nitrogens is 2. The van der Waals surface area contributed by atoms with E-state index < -0.39 is 10.0 Å². The highest BCUT2D eigenvalue weighted by molar-refractivity contribution is 8.00. The lowest BCUT2D eigenvalue weighted by Gasteiger charge is -2.20. The molecule has 106 valence electrons. The predicted molar refractivity (Wildman–Crippen MR) is 83.4 cm³/mol. The van der Waals surface area contributed by atoms with Gasteiger partial charge in [-0.1, -0.05) is 34.8 Å². The van der Waals surface area contributed by atoms with Crippen LogP contribution < -0.4 is 16.2 Å². The fraction of sp³-hybridized carbons (Fsp3) is 0.375. The molecule has 0 saturated carbocycles. The molecule has 0 aliphatic carbocycles. The first-order valence-electron chi connectivity index (χ1n) is 4.78. The molecule has 0 fully saturated rings. The number of rotatable bonds is 4. The quantitative estimate of drug-likeness (QED) is 0.212. The second-order valence-corrected chi connectivity index (χ2v) is 6.79. The van der Waals surface area contributed by atoms with E-state index in [1.807, 2.05) is 0 Å². The van der Waals surface area contributed by atoms with E-state index in [0.717, 1.165) is 0 Å². The van der Waals surface area contributed by atoms with Gasteiger partial charge in [-0.2, -0.15) is 4.98 Å². The van der Waals surface area contributed by atoms with Crippen LogP contribution in [0.1, 0.15) is 5.69 Å². The van der Waals surface area contributed by atoms with Crippen LogP contribution in [0.3, 0.4) is 0 Å². The molecule has 6 nitrogen and oxygen atoms in total. The van der Waals surface area contributed by atoms with Gasteiger partial charge in [0.25, 0.3) is 0 Å². The van der Waals surface area contributed by atoms with Crippen molar-refractivity contribution in [3.63, 3.8) is 0 Å². The molecule has 0 aliphatic heterocycles. The lowest BCUT2D eigenvalue weighted by Crippen LogP contribution is -2.34. The molecule has 1 aromatic heterocycles. The summed E-state index contributed by atoms with van der Waals surface area (Å²) in [6, 6.07) is 1.63. The Kier molecular flexibility index (Phi) is 6.03. The van der Waals surface area contributed by atoms with Gasteiger partial charge in [-0.25, -0.2) is 4.98 Å². The molecule has 0 bridgehead atoms. The van der Waals surface area contributed by atoms with Gasteiger partial charge >= 0.3 is 0 Å². The summed E-state index contributed by atoms with van der Waals surface area (Å²) >= 11 is 25.9. The van der Waals surface area contributed by atoms with Gasteiger partial charge in [0.2, 0.25) is 9.74 Å². The molecule has 11 heteroatoms. The van der Waals surface area contributed by atoms with E-state index in [-0.39, 0.29) is 10.3 Å². The number of nitrogens with zero attached hydrogens (tertiary/aromatic N) is 2. The van der Waals surface area contributed by atoms with Crippen molar-refractivity contribution >= 4 is 75.7 Å². The van der Waals surface area contributed by atoms with Crippen LogP contribution in [0.4, 0.5) is 11.8 Å². The summed E-state index contributed by atoms with van der Waals surface area (Å²) in [6.45, 7) is 1.73. The fourth-order valence-electron chi connectivity index (χ4n) is 1.02. The van der Waals surface area contributed by atoms with Crippen LogP contribution >= 0.6 is 47.0 Å². The minimum atomic E-state index is -1.90. The molecule has 1 rings (SSSR count). The van der Waals surface area contributed by atoms with Crippen LogP contribution in [-0.4, -0.2) is 29.4 Å². The molecule has 1 atom stereocenters. The van der Waals surface area contributed by atoms with Crippen molar-refractivity contribution < 1.29 is 5.11 Å². The smallest absolute Gasteiger partial charge is 0.234 e. The van der Waals surface area contributed by atoms with Crippen molar-refractivity contribution in [1.82, 2.24) is 15.4 Å². The average Bonchev–Trinajstić information content (AvgIpc) is 2.24. The van der Waals surface area contributed by atoms with E-state index in [2.05, 4.69) is 51.0 Å². The van der Waals surface area contributed by atoms with Gasteiger partial charge in [-0.15, -0.1) is 0 Å². The molecule has 0 unspecified atom stereocenters.